The Kier molecular flexibility index (Phi) is 6.26. The molecule has 4 nitrogen and oxygen atoms in total. The number of aromatic nitrogens is 2. The second-order valence-corrected chi connectivity index (χ2v) is 8.60. The average molecular weight is 460 g/mol. The Balaban J connectivity index is 1.91. The Morgan fingerprint density at radius 3 is 2.46 bits per heavy atom. The van der Waals surface area contributed by atoms with E-state index in [1.807, 2.05) is 43.3 Å². The summed E-state index contributed by atoms with van der Waals surface area (Å²) in [6.45, 7) is 8.56. The van der Waals surface area contributed by atoms with Crippen LogP contribution in [0, 0.1) is 6.92 Å². The number of para-hydroxylation sites is 1. The maximum atomic E-state index is 6.47. The third-order valence-corrected chi connectivity index (χ3v) is 6.29. The summed E-state index contributed by atoms with van der Waals surface area (Å²) in [5.74, 6) is 1.28. The van der Waals surface area contributed by atoms with Crippen molar-refractivity contribution in [2.45, 2.75) is 39.5 Å². The molecular weight excluding hydrogens is 436 g/mol. The summed E-state index contributed by atoms with van der Waals surface area (Å²) < 4.78 is 0.933. The minimum Gasteiger partial charge on any atom is -0.340 e. The molecule has 0 saturated carbocycles. The van der Waals surface area contributed by atoms with Crippen LogP contribution < -0.4 is 10.6 Å². The van der Waals surface area contributed by atoms with E-state index < -0.39 is 0 Å². The lowest BCUT2D eigenvalue weighted by atomic mass is 9.82. The standard InChI is InChI=1S/C22H24BrClN4/c1-5-22(3,4)17-11-16(12-18(24)19(17)23)27-21-25-13-14(2)20(28-21)26-15-9-7-6-8-10-15/h6-13H,5H2,1-4H3,(H2,25,26,27,28). The first-order valence-electron chi connectivity index (χ1n) is 9.22. The average Bonchev–Trinajstić information content (AvgIpc) is 2.68. The highest BCUT2D eigenvalue weighted by atomic mass is 79.9. The number of hydrogen-bond acceptors (Lipinski definition) is 4. The van der Waals surface area contributed by atoms with E-state index in [2.05, 4.69) is 63.4 Å². The number of nitrogens with zero attached hydrogens (tertiary/aromatic N) is 2. The fraction of sp³-hybridized carbons (Fsp3) is 0.273. The van der Waals surface area contributed by atoms with Gasteiger partial charge in [-0.15, -0.1) is 0 Å². The zero-order valence-electron chi connectivity index (χ0n) is 16.5. The first kappa shape index (κ1) is 20.6. The van der Waals surface area contributed by atoms with Crippen LogP contribution in [0.3, 0.4) is 0 Å². The number of halogens is 2. The summed E-state index contributed by atoms with van der Waals surface area (Å²) in [5, 5.41) is 7.30. The molecule has 0 bridgehead atoms. The molecule has 0 saturated heterocycles. The highest BCUT2D eigenvalue weighted by Crippen LogP contribution is 2.39. The third-order valence-electron chi connectivity index (χ3n) is 4.91. The molecule has 6 heteroatoms. The molecule has 2 N–H and O–H groups in total. The minimum atomic E-state index is -0.00563. The lowest BCUT2D eigenvalue weighted by molar-refractivity contribution is 0.504. The van der Waals surface area contributed by atoms with Crippen molar-refractivity contribution in [3.05, 3.63) is 69.3 Å². The van der Waals surface area contributed by atoms with Gasteiger partial charge in [0.15, 0.2) is 0 Å². The van der Waals surface area contributed by atoms with E-state index in [-0.39, 0.29) is 5.41 Å². The lowest BCUT2D eigenvalue weighted by Gasteiger charge is -2.26. The summed E-state index contributed by atoms with van der Waals surface area (Å²) in [6.07, 6.45) is 2.80. The van der Waals surface area contributed by atoms with Crippen LogP contribution in [-0.4, -0.2) is 9.97 Å². The van der Waals surface area contributed by atoms with Crippen molar-refractivity contribution in [2.75, 3.05) is 10.6 Å². The van der Waals surface area contributed by atoms with E-state index >= 15 is 0 Å². The van der Waals surface area contributed by atoms with Gasteiger partial charge in [0.1, 0.15) is 5.82 Å². The van der Waals surface area contributed by atoms with Crippen molar-refractivity contribution in [3.8, 4) is 0 Å². The van der Waals surface area contributed by atoms with E-state index in [1.165, 1.54) is 0 Å². The van der Waals surface area contributed by atoms with E-state index in [1.54, 1.807) is 6.20 Å². The maximum absolute atomic E-state index is 6.47. The SMILES string of the molecule is CCC(C)(C)c1cc(Nc2ncc(C)c(Nc3ccccc3)n2)cc(Cl)c1Br. The molecule has 1 heterocycles. The molecule has 146 valence electrons. The van der Waals surface area contributed by atoms with Gasteiger partial charge in [-0.1, -0.05) is 50.6 Å². The smallest absolute Gasteiger partial charge is 0.229 e. The van der Waals surface area contributed by atoms with Crippen LogP contribution in [0.2, 0.25) is 5.02 Å². The molecule has 28 heavy (non-hydrogen) atoms. The van der Waals surface area contributed by atoms with Gasteiger partial charge in [-0.3, -0.25) is 0 Å². The Bertz CT molecular complexity index is 974. The highest BCUT2D eigenvalue weighted by molar-refractivity contribution is 9.10. The van der Waals surface area contributed by atoms with Crippen LogP contribution in [0.25, 0.3) is 0 Å². The Hall–Kier alpha value is -2.11. The van der Waals surface area contributed by atoms with Gasteiger partial charge in [0.05, 0.1) is 5.02 Å². The first-order valence-corrected chi connectivity index (χ1v) is 10.4. The van der Waals surface area contributed by atoms with E-state index in [0.29, 0.717) is 11.0 Å². The van der Waals surface area contributed by atoms with Gasteiger partial charge in [-0.25, -0.2) is 4.98 Å². The summed E-state index contributed by atoms with van der Waals surface area (Å²) in [7, 11) is 0. The van der Waals surface area contributed by atoms with Gasteiger partial charge in [-0.2, -0.15) is 4.98 Å². The summed E-state index contributed by atoms with van der Waals surface area (Å²) in [5.41, 5.74) is 3.96. The number of hydrogen-bond donors (Lipinski definition) is 2. The van der Waals surface area contributed by atoms with Crippen molar-refractivity contribution < 1.29 is 0 Å². The number of aryl methyl sites for hydroxylation is 1. The van der Waals surface area contributed by atoms with Crippen molar-refractivity contribution in [1.82, 2.24) is 9.97 Å². The van der Waals surface area contributed by atoms with Crippen LogP contribution in [0.4, 0.5) is 23.1 Å². The molecule has 0 aliphatic carbocycles. The highest BCUT2D eigenvalue weighted by Gasteiger charge is 2.23. The number of benzene rings is 2. The van der Waals surface area contributed by atoms with Crippen LogP contribution in [-0.2, 0) is 5.41 Å². The van der Waals surface area contributed by atoms with Gasteiger partial charge >= 0.3 is 0 Å². The molecule has 0 radical (unpaired) electrons. The second kappa shape index (κ2) is 8.50. The zero-order chi connectivity index (χ0) is 20.3. The van der Waals surface area contributed by atoms with Crippen molar-refractivity contribution in [2.24, 2.45) is 0 Å². The quantitative estimate of drug-likeness (QED) is 0.404. The summed E-state index contributed by atoms with van der Waals surface area (Å²) in [6, 6.07) is 13.9. The Morgan fingerprint density at radius 2 is 1.79 bits per heavy atom. The van der Waals surface area contributed by atoms with Crippen molar-refractivity contribution in [3.63, 3.8) is 0 Å². The molecule has 0 atom stereocenters. The van der Waals surface area contributed by atoms with Crippen LogP contribution >= 0.6 is 27.5 Å². The van der Waals surface area contributed by atoms with Gasteiger partial charge in [0.25, 0.3) is 0 Å². The monoisotopic (exact) mass is 458 g/mol. The second-order valence-electron chi connectivity index (χ2n) is 7.40. The molecule has 2 aromatic carbocycles. The fourth-order valence-corrected chi connectivity index (χ4v) is 3.75. The predicted octanol–water partition coefficient (Wildman–Crippen LogP) is 7.38. The molecular formula is C22H24BrClN4. The Morgan fingerprint density at radius 1 is 1.07 bits per heavy atom. The number of nitrogens with one attached hydrogen (secondary N) is 2. The maximum Gasteiger partial charge on any atom is 0.229 e. The minimum absolute atomic E-state index is 0.00563. The summed E-state index contributed by atoms with van der Waals surface area (Å²) in [4.78, 5) is 9.06. The molecule has 0 unspecified atom stereocenters. The van der Waals surface area contributed by atoms with Crippen molar-refractivity contribution in [1.29, 1.82) is 0 Å². The molecule has 0 aliphatic rings. The number of anilines is 4. The van der Waals surface area contributed by atoms with Crippen LogP contribution in [0.15, 0.2) is 53.1 Å². The van der Waals surface area contributed by atoms with Crippen molar-refractivity contribution >= 4 is 50.7 Å². The van der Waals surface area contributed by atoms with Crippen LogP contribution in [0.5, 0.6) is 0 Å². The topological polar surface area (TPSA) is 49.8 Å². The molecule has 0 aliphatic heterocycles. The fourth-order valence-electron chi connectivity index (χ4n) is 2.76. The predicted molar refractivity (Wildman–Crippen MR) is 122 cm³/mol. The van der Waals surface area contributed by atoms with E-state index in [0.717, 1.165) is 39.2 Å². The molecule has 3 rings (SSSR count). The molecule has 0 amide bonds. The molecule has 1 aromatic heterocycles. The summed E-state index contributed by atoms with van der Waals surface area (Å²) >= 11 is 10.1. The van der Waals surface area contributed by atoms with Gasteiger partial charge in [-0.05, 0) is 64.5 Å². The molecule has 3 aromatic rings. The number of rotatable bonds is 6. The normalized spacial score (nSPS) is 11.4. The molecule has 0 fully saturated rings. The Labute approximate surface area is 179 Å². The van der Waals surface area contributed by atoms with E-state index in [4.69, 9.17) is 11.6 Å². The lowest BCUT2D eigenvalue weighted by Crippen LogP contribution is -2.16. The third kappa shape index (κ3) is 4.65. The van der Waals surface area contributed by atoms with E-state index in [9.17, 15) is 0 Å². The molecule has 0 spiro atoms. The van der Waals surface area contributed by atoms with Gasteiger partial charge < -0.3 is 10.6 Å². The van der Waals surface area contributed by atoms with Gasteiger partial charge in [0.2, 0.25) is 5.95 Å². The largest absolute Gasteiger partial charge is 0.340 e. The zero-order valence-corrected chi connectivity index (χ0v) is 18.8. The van der Waals surface area contributed by atoms with Gasteiger partial charge in [0, 0.05) is 27.6 Å². The van der Waals surface area contributed by atoms with Crippen LogP contribution in [0.1, 0.15) is 38.3 Å². The first-order chi connectivity index (χ1) is 13.3.